The first-order valence-electron chi connectivity index (χ1n) is 25.7. The van der Waals surface area contributed by atoms with Gasteiger partial charge >= 0.3 is 12.2 Å². The zero-order valence-electron chi connectivity index (χ0n) is 43.7. The number of amides is 2. The number of nitrogens with zero attached hydrogens (tertiary/aromatic N) is 14. The van der Waals surface area contributed by atoms with Crippen molar-refractivity contribution in [3.8, 4) is 24.3 Å². The normalized spacial score (nSPS) is 18.6. The molecule has 6 aromatic rings. The second-order valence-corrected chi connectivity index (χ2v) is 20.1. The van der Waals surface area contributed by atoms with Crippen LogP contribution in [0.1, 0.15) is 61.0 Å². The standard InChI is InChI=1S/2C25H26ClF2N11O2/c2*1-41-25(40)35-16-4-5-38(12-18(16)31-11-20(27)28)19-7-13(8-29)6-17(21(19)26)34-24-36-22(33-14-2-3-14)23-32-10-15(9-30)39(23)37-24/h2*6-7,10,14,16,18,20,31H,2-5,11-12H2,1H3,(H,35,40)(H2,33,34,36,37)/t16-,18+;16-,18-/m00/s1. The minimum absolute atomic E-state index is 0.121. The number of nitriles is 4. The molecule has 2 aromatic carbocycles. The molecule has 2 aliphatic carbocycles. The van der Waals surface area contributed by atoms with Crippen molar-refractivity contribution in [1.29, 1.82) is 21.0 Å². The molecule has 2 saturated heterocycles. The van der Waals surface area contributed by atoms with E-state index in [4.69, 9.17) is 23.2 Å². The fourth-order valence-electron chi connectivity index (χ4n) is 9.29. The van der Waals surface area contributed by atoms with Crippen LogP contribution in [0.4, 0.5) is 73.4 Å². The number of piperidine rings is 2. The predicted molar refractivity (Wildman–Crippen MR) is 291 cm³/mol. The number of ether oxygens (including phenoxy) is 2. The maximum atomic E-state index is 13.0. The molecule has 0 unspecified atom stereocenters. The molecule has 428 valence electrons. The average Bonchev–Trinajstić information content (AvgIpc) is 4.54. The molecule has 82 heavy (non-hydrogen) atoms. The van der Waals surface area contributed by atoms with E-state index < -0.39 is 62.3 Å². The van der Waals surface area contributed by atoms with Gasteiger partial charge in [0.2, 0.25) is 11.9 Å². The molecule has 10 rings (SSSR count). The highest BCUT2D eigenvalue weighted by Gasteiger charge is 2.35. The van der Waals surface area contributed by atoms with Crippen LogP contribution in [-0.2, 0) is 9.47 Å². The van der Waals surface area contributed by atoms with Gasteiger partial charge in [0.05, 0.1) is 108 Å². The first-order chi connectivity index (χ1) is 39.6. The second-order valence-electron chi connectivity index (χ2n) is 19.3. The molecule has 4 atom stereocenters. The Morgan fingerprint density at radius 1 is 0.622 bits per heavy atom. The van der Waals surface area contributed by atoms with E-state index in [0.717, 1.165) is 25.7 Å². The number of aromatic nitrogens is 8. The number of carbonyl (C=O) groups is 2. The van der Waals surface area contributed by atoms with Gasteiger partial charge in [-0.05, 0) is 62.8 Å². The molecule has 2 saturated carbocycles. The number of halogens is 6. The largest absolute Gasteiger partial charge is 0.453 e. The van der Waals surface area contributed by atoms with E-state index in [0.29, 0.717) is 71.6 Å². The zero-order valence-corrected chi connectivity index (χ0v) is 45.2. The van der Waals surface area contributed by atoms with Gasteiger partial charge in [-0.3, -0.25) is 0 Å². The van der Waals surface area contributed by atoms with E-state index in [1.54, 1.807) is 24.3 Å². The number of methoxy groups -OCH3 is 2. The number of benzene rings is 2. The minimum Gasteiger partial charge on any atom is -0.453 e. The summed E-state index contributed by atoms with van der Waals surface area (Å²) in [6.07, 6.45) is 1.09. The van der Waals surface area contributed by atoms with Crippen molar-refractivity contribution in [3.63, 3.8) is 0 Å². The molecule has 2 amide bonds. The molecule has 0 radical (unpaired) electrons. The third-order valence-electron chi connectivity index (χ3n) is 13.6. The summed E-state index contributed by atoms with van der Waals surface area (Å²) in [7, 11) is 2.46. The van der Waals surface area contributed by atoms with Crippen LogP contribution in [-0.4, -0.2) is 154 Å². The van der Waals surface area contributed by atoms with E-state index >= 15 is 0 Å². The van der Waals surface area contributed by atoms with Gasteiger partial charge in [-0.25, -0.2) is 37.1 Å². The van der Waals surface area contributed by atoms with Crippen molar-refractivity contribution in [3.05, 3.63) is 69.2 Å². The van der Waals surface area contributed by atoms with Gasteiger partial charge in [0.15, 0.2) is 34.3 Å². The van der Waals surface area contributed by atoms with Crippen LogP contribution in [0.15, 0.2) is 36.7 Å². The summed E-state index contributed by atoms with van der Waals surface area (Å²) < 4.78 is 64.2. The molecule has 0 spiro atoms. The SMILES string of the molecule is COC(=O)N[C@H]1CCN(c2cc(C#N)cc(Nc3nc(NC4CC4)c4ncc(C#N)n4n3)c2Cl)C[C@@H]1NCC(F)F.COC(=O)N[C@H]1CCN(c2cc(C#N)cc(Nc3nc(NC4CC4)c4ncc(C#N)n4n3)c2Cl)C[C@H]1NCC(F)F. The van der Waals surface area contributed by atoms with Gasteiger partial charge in [0.25, 0.3) is 12.9 Å². The Kier molecular flexibility index (Phi) is 18.1. The Morgan fingerprint density at radius 3 is 1.37 bits per heavy atom. The van der Waals surface area contributed by atoms with Crippen LogP contribution in [0.25, 0.3) is 11.3 Å². The number of rotatable bonds is 18. The quantitative estimate of drug-likeness (QED) is 0.0458. The molecule has 8 N–H and O–H groups in total. The topological polar surface area (TPSA) is 337 Å². The van der Waals surface area contributed by atoms with Crippen molar-refractivity contribution in [2.45, 2.75) is 87.6 Å². The van der Waals surface area contributed by atoms with Crippen LogP contribution in [0.3, 0.4) is 0 Å². The lowest BCUT2D eigenvalue weighted by molar-refractivity contribution is 0.132. The summed E-state index contributed by atoms with van der Waals surface area (Å²) >= 11 is 13.7. The highest BCUT2D eigenvalue weighted by Crippen LogP contribution is 2.40. The Bertz CT molecular complexity index is 3290. The van der Waals surface area contributed by atoms with Crippen molar-refractivity contribution >= 4 is 93.0 Å². The summed E-state index contributed by atoms with van der Waals surface area (Å²) in [6.45, 7) is 0.128. The zero-order chi connectivity index (χ0) is 58.2. The molecular weight excluding hydrogens is 1120 g/mol. The summed E-state index contributed by atoms with van der Waals surface area (Å²) in [5.41, 5.74) is 3.47. The molecular formula is C50H52Cl2F4N22O4. The maximum absolute atomic E-state index is 13.0. The number of alkyl carbamates (subject to hydrolysis) is 2. The molecule has 0 bridgehead atoms. The summed E-state index contributed by atoms with van der Waals surface area (Å²) in [5.74, 6) is 1.14. The third-order valence-corrected chi connectivity index (χ3v) is 14.4. The molecule has 26 nitrogen and oxygen atoms in total. The monoisotopic (exact) mass is 1170 g/mol. The van der Waals surface area contributed by atoms with Crippen LogP contribution >= 0.6 is 23.2 Å². The van der Waals surface area contributed by atoms with Gasteiger partial charge in [0.1, 0.15) is 12.1 Å². The lowest BCUT2D eigenvalue weighted by atomic mass is 9.98. The van der Waals surface area contributed by atoms with E-state index in [9.17, 15) is 48.2 Å². The van der Waals surface area contributed by atoms with Gasteiger partial charge in [-0.15, -0.1) is 10.2 Å². The lowest BCUT2D eigenvalue weighted by Gasteiger charge is -2.40. The van der Waals surface area contributed by atoms with Crippen LogP contribution in [0.2, 0.25) is 10.0 Å². The summed E-state index contributed by atoms with van der Waals surface area (Å²) in [5, 5.41) is 71.6. The molecule has 32 heteroatoms. The second kappa shape index (κ2) is 25.7. The van der Waals surface area contributed by atoms with Crippen molar-refractivity contribution < 1.29 is 36.6 Å². The van der Waals surface area contributed by atoms with Gasteiger partial charge in [0, 0.05) is 50.3 Å². The molecule has 4 aliphatic rings. The Balaban J connectivity index is 0.000000198. The van der Waals surface area contributed by atoms with Crippen molar-refractivity contribution in [1.82, 2.24) is 60.4 Å². The summed E-state index contributed by atoms with van der Waals surface area (Å²) in [6, 6.07) is 13.1. The average molecular weight is 1170 g/mol. The van der Waals surface area contributed by atoms with Crippen molar-refractivity contribution in [2.75, 3.05) is 84.6 Å². The predicted octanol–water partition coefficient (Wildman–Crippen LogP) is 5.99. The number of hydrogen-bond acceptors (Lipinski definition) is 22. The minimum atomic E-state index is -2.58. The Hall–Kier alpha value is -8.94. The smallest absolute Gasteiger partial charge is 0.407 e. The van der Waals surface area contributed by atoms with E-state index in [2.05, 4.69) is 106 Å². The molecule has 2 aliphatic heterocycles. The first kappa shape index (κ1) is 57.7. The van der Waals surface area contributed by atoms with E-state index in [1.165, 1.54) is 35.6 Å². The number of fused-ring (bicyclic) bond motifs is 2. The highest BCUT2D eigenvalue weighted by molar-refractivity contribution is 6.36. The Labute approximate surface area is 475 Å². The fourth-order valence-corrected chi connectivity index (χ4v) is 9.84. The van der Waals surface area contributed by atoms with E-state index in [1.807, 2.05) is 9.80 Å². The fraction of sp³-hybridized carbons (Fsp3) is 0.440. The first-order valence-corrected chi connectivity index (χ1v) is 26.4. The van der Waals surface area contributed by atoms with E-state index in [-0.39, 0.29) is 69.6 Å². The van der Waals surface area contributed by atoms with Gasteiger partial charge in [-0.1, -0.05) is 23.2 Å². The number of carbonyl (C=O) groups excluding carboxylic acids is 2. The number of imidazole rings is 2. The molecule has 4 fully saturated rings. The van der Waals surface area contributed by atoms with Gasteiger partial charge in [-0.2, -0.15) is 40.0 Å². The van der Waals surface area contributed by atoms with Crippen LogP contribution < -0.4 is 52.3 Å². The number of anilines is 8. The number of alkyl halides is 4. The summed E-state index contributed by atoms with van der Waals surface area (Å²) in [4.78, 5) is 45.0. The van der Waals surface area contributed by atoms with Crippen LogP contribution in [0, 0.1) is 45.3 Å². The molecule has 4 aromatic heterocycles. The lowest BCUT2D eigenvalue weighted by Crippen LogP contribution is -2.60. The highest BCUT2D eigenvalue weighted by atomic mass is 35.5. The van der Waals surface area contributed by atoms with Gasteiger partial charge < -0.3 is 61.8 Å². The number of nitrogens with one attached hydrogen (secondary N) is 8. The number of hydrogen-bond donors (Lipinski definition) is 8. The molecule has 6 heterocycles. The Morgan fingerprint density at radius 2 is 1.02 bits per heavy atom. The van der Waals surface area contributed by atoms with Crippen LogP contribution in [0.5, 0.6) is 0 Å². The van der Waals surface area contributed by atoms with Crippen molar-refractivity contribution in [2.24, 2.45) is 0 Å². The maximum Gasteiger partial charge on any atom is 0.407 e. The third kappa shape index (κ3) is 13.8.